The summed E-state index contributed by atoms with van der Waals surface area (Å²) in [5.41, 5.74) is 7.08. The van der Waals surface area contributed by atoms with E-state index >= 15 is 0 Å². The number of aliphatic hydroxyl groups is 1. The third-order valence-corrected chi connectivity index (χ3v) is 2.78. The third-order valence-electron chi connectivity index (χ3n) is 2.78. The van der Waals surface area contributed by atoms with E-state index in [0.717, 1.165) is 5.56 Å². The zero-order valence-electron chi connectivity index (χ0n) is 11.4. The topological polar surface area (TPSA) is 73.9 Å². The van der Waals surface area contributed by atoms with Crippen LogP contribution in [0, 0.1) is 0 Å². The summed E-state index contributed by atoms with van der Waals surface area (Å²) >= 11 is 0. The minimum absolute atomic E-state index is 0.0528. The summed E-state index contributed by atoms with van der Waals surface area (Å²) in [5.74, 6) is 2.25. The van der Waals surface area contributed by atoms with E-state index in [2.05, 4.69) is 0 Å². The van der Waals surface area contributed by atoms with Gasteiger partial charge in [0.1, 0.15) is 11.5 Å². The summed E-state index contributed by atoms with van der Waals surface area (Å²) in [6, 6.07) is 10.4. The molecule has 0 radical (unpaired) electrons. The van der Waals surface area contributed by atoms with Gasteiger partial charge in [-0.05, 0) is 17.7 Å². The molecule has 0 aromatic heterocycles. The van der Waals surface area contributed by atoms with Crippen LogP contribution in [0.5, 0.6) is 23.0 Å². The number of nitrogen functional groups attached to an aromatic ring is 1. The van der Waals surface area contributed by atoms with Crippen LogP contribution in [0.1, 0.15) is 5.56 Å². The Morgan fingerprint density at radius 1 is 0.950 bits per heavy atom. The van der Waals surface area contributed by atoms with Crippen LogP contribution in [0.3, 0.4) is 0 Å². The number of methoxy groups -OCH3 is 2. The van der Waals surface area contributed by atoms with Crippen LogP contribution in [-0.2, 0) is 6.61 Å². The SMILES string of the molecule is COc1cc(N)cc(Oc2ccc(CO)cc2OC)c1. The maximum absolute atomic E-state index is 9.11. The van der Waals surface area contributed by atoms with E-state index in [4.69, 9.17) is 25.1 Å². The van der Waals surface area contributed by atoms with Crippen LogP contribution in [0.2, 0.25) is 0 Å². The van der Waals surface area contributed by atoms with E-state index in [1.54, 1.807) is 50.6 Å². The number of aliphatic hydroxyl groups excluding tert-OH is 1. The Labute approximate surface area is 117 Å². The molecular formula is C15H17NO4. The summed E-state index contributed by atoms with van der Waals surface area (Å²) in [5, 5.41) is 9.11. The van der Waals surface area contributed by atoms with Gasteiger partial charge >= 0.3 is 0 Å². The first kappa shape index (κ1) is 14.0. The molecule has 2 aromatic rings. The number of nitrogens with two attached hydrogens (primary N) is 1. The van der Waals surface area contributed by atoms with Gasteiger partial charge in [0.15, 0.2) is 11.5 Å². The highest BCUT2D eigenvalue weighted by Gasteiger charge is 2.08. The van der Waals surface area contributed by atoms with Crippen molar-refractivity contribution in [1.82, 2.24) is 0 Å². The Morgan fingerprint density at radius 3 is 2.35 bits per heavy atom. The maximum atomic E-state index is 9.11. The lowest BCUT2D eigenvalue weighted by Crippen LogP contribution is -1.94. The van der Waals surface area contributed by atoms with Crippen molar-refractivity contribution in [1.29, 1.82) is 0 Å². The van der Waals surface area contributed by atoms with E-state index in [1.807, 2.05) is 0 Å². The monoisotopic (exact) mass is 275 g/mol. The minimum Gasteiger partial charge on any atom is -0.497 e. The van der Waals surface area contributed by atoms with Gasteiger partial charge in [0.2, 0.25) is 0 Å². The number of ether oxygens (including phenoxy) is 3. The average molecular weight is 275 g/mol. The zero-order valence-corrected chi connectivity index (χ0v) is 11.4. The second-order valence-corrected chi connectivity index (χ2v) is 4.19. The van der Waals surface area contributed by atoms with Gasteiger partial charge < -0.3 is 25.1 Å². The highest BCUT2D eigenvalue weighted by atomic mass is 16.5. The Balaban J connectivity index is 2.31. The number of hydrogen-bond acceptors (Lipinski definition) is 5. The normalized spacial score (nSPS) is 10.2. The first-order valence-corrected chi connectivity index (χ1v) is 6.06. The molecule has 0 aliphatic heterocycles. The standard InChI is InChI=1S/C15H17NO4/c1-18-12-6-11(16)7-13(8-12)20-14-4-3-10(9-17)5-15(14)19-2/h3-8,17H,9,16H2,1-2H3. The molecule has 0 aliphatic rings. The van der Waals surface area contributed by atoms with Gasteiger partial charge in [-0.2, -0.15) is 0 Å². The summed E-state index contributed by atoms with van der Waals surface area (Å²) in [6.45, 7) is -0.0528. The average Bonchev–Trinajstić information content (AvgIpc) is 2.47. The predicted molar refractivity (Wildman–Crippen MR) is 76.4 cm³/mol. The zero-order chi connectivity index (χ0) is 14.5. The van der Waals surface area contributed by atoms with Crippen molar-refractivity contribution >= 4 is 5.69 Å². The summed E-state index contributed by atoms with van der Waals surface area (Å²) in [4.78, 5) is 0. The molecule has 0 heterocycles. The molecule has 0 saturated heterocycles. The molecule has 5 nitrogen and oxygen atoms in total. The van der Waals surface area contributed by atoms with Gasteiger partial charge in [0.05, 0.1) is 20.8 Å². The summed E-state index contributed by atoms with van der Waals surface area (Å²) < 4.78 is 16.1. The molecule has 0 fully saturated rings. The summed E-state index contributed by atoms with van der Waals surface area (Å²) in [7, 11) is 3.11. The molecule has 3 N–H and O–H groups in total. The maximum Gasteiger partial charge on any atom is 0.169 e. The molecule has 2 aromatic carbocycles. The van der Waals surface area contributed by atoms with Gasteiger partial charge in [-0.15, -0.1) is 0 Å². The molecule has 5 heteroatoms. The lowest BCUT2D eigenvalue weighted by atomic mass is 10.2. The van der Waals surface area contributed by atoms with Gasteiger partial charge in [0, 0.05) is 23.9 Å². The van der Waals surface area contributed by atoms with Crippen LogP contribution in [0.15, 0.2) is 36.4 Å². The van der Waals surface area contributed by atoms with Crippen molar-refractivity contribution in [3.8, 4) is 23.0 Å². The van der Waals surface area contributed by atoms with Crippen molar-refractivity contribution < 1.29 is 19.3 Å². The van der Waals surface area contributed by atoms with E-state index < -0.39 is 0 Å². The molecule has 0 amide bonds. The Bertz CT molecular complexity index is 598. The lowest BCUT2D eigenvalue weighted by Gasteiger charge is -2.12. The third kappa shape index (κ3) is 3.13. The van der Waals surface area contributed by atoms with Crippen molar-refractivity contribution in [3.63, 3.8) is 0 Å². The predicted octanol–water partition coefficient (Wildman–Crippen LogP) is 2.57. The minimum atomic E-state index is -0.0528. The molecule has 0 atom stereocenters. The van der Waals surface area contributed by atoms with Gasteiger partial charge in [-0.25, -0.2) is 0 Å². The number of anilines is 1. The Hall–Kier alpha value is -2.40. The van der Waals surface area contributed by atoms with Gasteiger partial charge in [-0.3, -0.25) is 0 Å². The largest absolute Gasteiger partial charge is 0.497 e. The van der Waals surface area contributed by atoms with E-state index in [1.165, 1.54) is 0 Å². The molecular weight excluding hydrogens is 258 g/mol. The fourth-order valence-corrected chi connectivity index (χ4v) is 1.79. The fourth-order valence-electron chi connectivity index (χ4n) is 1.79. The van der Waals surface area contributed by atoms with E-state index in [-0.39, 0.29) is 6.61 Å². The number of rotatable bonds is 5. The fraction of sp³-hybridized carbons (Fsp3) is 0.200. The van der Waals surface area contributed by atoms with E-state index in [0.29, 0.717) is 28.7 Å². The van der Waals surface area contributed by atoms with Crippen LogP contribution >= 0.6 is 0 Å². The second kappa shape index (κ2) is 6.16. The van der Waals surface area contributed by atoms with Gasteiger partial charge in [-0.1, -0.05) is 6.07 Å². The molecule has 106 valence electrons. The molecule has 0 unspecified atom stereocenters. The Kier molecular flexibility index (Phi) is 4.32. The highest BCUT2D eigenvalue weighted by molar-refractivity contribution is 5.53. The van der Waals surface area contributed by atoms with Crippen LogP contribution in [0.25, 0.3) is 0 Å². The highest BCUT2D eigenvalue weighted by Crippen LogP contribution is 2.34. The molecule has 0 bridgehead atoms. The Morgan fingerprint density at radius 2 is 1.70 bits per heavy atom. The smallest absolute Gasteiger partial charge is 0.169 e. The van der Waals surface area contributed by atoms with Crippen molar-refractivity contribution in [2.75, 3.05) is 20.0 Å². The van der Waals surface area contributed by atoms with Crippen molar-refractivity contribution in [2.45, 2.75) is 6.61 Å². The first-order chi connectivity index (χ1) is 9.66. The number of benzene rings is 2. The molecule has 0 aliphatic carbocycles. The second-order valence-electron chi connectivity index (χ2n) is 4.19. The van der Waals surface area contributed by atoms with E-state index in [9.17, 15) is 0 Å². The van der Waals surface area contributed by atoms with Crippen molar-refractivity contribution in [3.05, 3.63) is 42.0 Å². The van der Waals surface area contributed by atoms with Gasteiger partial charge in [0.25, 0.3) is 0 Å². The molecule has 20 heavy (non-hydrogen) atoms. The number of hydrogen-bond donors (Lipinski definition) is 2. The quantitative estimate of drug-likeness (QED) is 0.820. The summed E-state index contributed by atoms with van der Waals surface area (Å²) in [6.07, 6.45) is 0. The molecule has 0 spiro atoms. The van der Waals surface area contributed by atoms with Crippen LogP contribution in [-0.4, -0.2) is 19.3 Å². The first-order valence-electron chi connectivity index (χ1n) is 6.06. The van der Waals surface area contributed by atoms with Crippen molar-refractivity contribution in [2.24, 2.45) is 0 Å². The van der Waals surface area contributed by atoms with Crippen LogP contribution < -0.4 is 19.9 Å². The van der Waals surface area contributed by atoms with Crippen LogP contribution in [0.4, 0.5) is 5.69 Å². The lowest BCUT2D eigenvalue weighted by molar-refractivity contribution is 0.280. The molecule has 2 rings (SSSR count). The molecule has 0 saturated carbocycles.